The number of hydrogen-bond acceptors (Lipinski definition) is 4. The maximum Gasteiger partial charge on any atom is 0.240 e. The monoisotopic (exact) mass is 457 g/mol. The maximum absolute atomic E-state index is 5.21. The molecule has 0 atom stereocenters. The van der Waals surface area contributed by atoms with Crippen LogP contribution >= 0.6 is 0 Å². The van der Waals surface area contributed by atoms with Crippen LogP contribution in [0.1, 0.15) is 32.1 Å². The zero-order chi connectivity index (χ0) is 22.9. The van der Waals surface area contributed by atoms with E-state index in [2.05, 4.69) is 82.3 Å². The predicted molar refractivity (Wildman–Crippen MR) is 140 cm³/mol. The van der Waals surface area contributed by atoms with Crippen LogP contribution in [0.3, 0.4) is 0 Å². The number of nitrogens with zero attached hydrogens (tertiary/aromatic N) is 5. The van der Waals surface area contributed by atoms with Crippen LogP contribution in [0.4, 0.5) is 5.95 Å². The van der Waals surface area contributed by atoms with Crippen LogP contribution in [-0.2, 0) is 0 Å². The number of para-hydroxylation sites is 2. The van der Waals surface area contributed by atoms with Gasteiger partial charge in [0, 0.05) is 28.4 Å². The van der Waals surface area contributed by atoms with Gasteiger partial charge in [0.1, 0.15) is 0 Å². The lowest BCUT2D eigenvalue weighted by molar-refractivity contribution is 0.0884. The molecule has 4 heterocycles. The first kappa shape index (κ1) is 19.6. The fourth-order valence-electron chi connectivity index (χ4n) is 7.28. The van der Waals surface area contributed by atoms with E-state index < -0.39 is 0 Å². The van der Waals surface area contributed by atoms with Crippen molar-refractivity contribution in [3.8, 4) is 17.3 Å². The Labute approximate surface area is 204 Å². The molecule has 4 fully saturated rings. The molecule has 9 rings (SSSR count). The largest absolute Gasteiger partial charge is 0.335 e. The van der Waals surface area contributed by atoms with E-state index in [1.54, 1.807) is 0 Å². The van der Waals surface area contributed by atoms with Crippen LogP contribution < -0.4 is 4.90 Å². The Bertz CT molecular complexity index is 1490. The molecule has 5 heteroatoms. The Morgan fingerprint density at radius 1 is 0.543 bits per heavy atom. The van der Waals surface area contributed by atoms with E-state index in [0.717, 1.165) is 40.2 Å². The second kappa shape index (κ2) is 7.38. The molecule has 2 aromatic heterocycles. The summed E-state index contributed by atoms with van der Waals surface area (Å²) in [5.74, 6) is 4.09. The predicted octanol–water partition coefficient (Wildman–Crippen LogP) is 6.40. The van der Waals surface area contributed by atoms with E-state index in [4.69, 9.17) is 15.0 Å². The highest BCUT2D eigenvalue weighted by Gasteiger charge is 2.48. The zero-order valence-corrected chi connectivity index (χ0v) is 19.6. The average molecular weight is 458 g/mol. The van der Waals surface area contributed by atoms with Crippen molar-refractivity contribution in [1.29, 1.82) is 0 Å². The highest BCUT2D eigenvalue weighted by molar-refractivity contribution is 6.08. The third kappa shape index (κ3) is 2.97. The minimum Gasteiger partial charge on any atom is -0.335 e. The summed E-state index contributed by atoms with van der Waals surface area (Å²) in [4.78, 5) is 18.0. The lowest BCUT2D eigenvalue weighted by Gasteiger charge is -2.56. The molecule has 4 bridgehead atoms. The smallest absolute Gasteiger partial charge is 0.240 e. The number of fused-ring (bicyclic) bond motifs is 3. The highest BCUT2D eigenvalue weighted by Crippen LogP contribution is 2.50. The molecule has 2 aliphatic carbocycles. The van der Waals surface area contributed by atoms with Gasteiger partial charge in [-0.25, -0.2) is 0 Å². The normalized spacial score (nSPS) is 25.1. The van der Waals surface area contributed by atoms with E-state index in [0.29, 0.717) is 18.0 Å². The molecule has 2 saturated carbocycles. The van der Waals surface area contributed by atoms with Gasteiger partial charge in [0.2, 0.25) is 11.9 Å². The molecule has 4 aliphatic rings. The van der Waals surface area contributed by atoms with Crippen LogP contribution in [0, 0.1) is 11.8 Å². The standard InChI is InChI=1S/C30H27N5/c1-2-8-21(9-3-1)28-31-29(34-22-15-19-14-20(17-22)18-23(34)16-19)33-30(32-28)35-26-12-6-4-10-24(26)25-11-5-7-13-27(25)35/h1-13,19-20,22-23H,14-18H2. The molecule has 3 aromatic carbocycles. The van der Waals surface area contributed by atoms with Crippen molar-refractivity contribution in [2.24, 2.45) is 11.8 Å². The summed E-state index contributed by atoms with van der Waals surface area (Å²) in [6.45, 7) is 0. The summed E-state index contributed by atoms with van der Waals surface area (Å²) >= 11 is 0. The second-order valence-electron chi connectivity index (χ2n) is 10.6. The Morgan fingerprint density at radius 3 is 1.71 bits per heavy atom. The van der Waals surface area contributed by atoms with Gasteiger partial charge >= 0.3 is 0 Å². The fraction of sp³-hybridized carbons (Fsp3) is 0.300. The number of anilines is 1. The number of piperidine rings is 2. The van der Waals surface area contributed by atoms with Gasteiger partial charge in [-0.2, -0.15) is 15.0 Å². The van der Waals surface area contributed by atoms with E-state index in [-0.39, 0.29) is 0 Å². The minimum atomic E-state index is 0.559. The quantitative estimate of drug-likeness (QED) is 0.314. The molecule has 172 valence electrons. The Hall–Kier alpha value is -3.73. The molecule has 0 radical (unpaired) electrons. The lowest BCUT2D eigenvalue weighted by atomic mass is 9.64. The first-order chi connectivity index (χ1) is 17.3. The molecule has 5 nitrogen and oxygen atoms in total. The Balaban J connectivity index is 1.38. The summed E-state index contributed by atoms with van der Waals surface area (Å²) in [5.41, 5.74) is 3.29. The zero-order valence-electron chi connectivity index (χ0n) is 19.6. The first-order valence-corrected chi connectivity index (χ1v) is 12.9. The van der Waals surface area contributed by atoms with Crippen molar-refractivity contribution in [1.82, 2.24) is 19.5 Å². The van der Waals surface area contributed by atoms with Gasteiger partial charge < -0.3 is 4.90 Å². The van der Waals surface area contributed by atoms with Gasteiger partial charge in [-0.3, -0.25) is 4.57 Å². The third-order valence-electron chi connectivity index (χ3n) is 8.53. The van der Waals surface area contributed by atoms with Gasteiger partial charge in [-0.1, -0.05) is 66.7 Å². The second-order valence-corrected chi connectivity index (χ2v) is 10.6. The van der Waals surface area contributed by atoms with Crippen LogP contribution in [0.25, 0.3) is 39.1 Å². The first-order valence-electron chi connectivity index (χ1n) is 12.9. The van der Waals surface area contributed by atoms with Crippen molar-refractivity contribution in [2.75, 3.05) is 4.90 Å². The molecular formula is C30H27N5. The number of hydrogen-bond donors (Lipinski definition) is 0. The van der Waals surface area contributed by atoms with Crippen LogP contribution in [0.5, 0.6) is 0 Å². The molecule has 0 N–H and O–H groups in total. The van der Waals surface area contributed by atoms with E-state index >= 15 is 0 Å². The molecular weight excluding hydrogens is 430 g/mol. The van der Waals surface area contributed by atoms with Gasteiger partial charge in [0.15, 0.2) is 5.82 Å². The number of benzene rings is 3. The van der Waals surface area contributed by atoms with Crippen molar-refractivity contribution in [2.45, 2.75) is 44.2 Å². The van der Waals surface area contributed by atoms with Crippen molar-refractivity contribution < 1.29 is 0 Å². The maximum atomic E-state index is 5.21. The molecule has 5 aromatic rings. The minimum absolute atomic E-state index is 0.559. The van der Waals surface area contributed by atoms with Crippen LogP contribution in [-0.4, -0.2) is 31.6 Å². The average Bonchev–Trinajstić information content (AvgIpc) is 3.23. The van der Waals surface area contributed by atoms with Gasteiger partial charge in [0.05, 0.1) is 11.0 Å². The SMILES string of the molecule is c1ccc(-c2nc(N3C4CC5CC(C4)CC3C5)nc(-n3c4ccccc4c4ccccc43)n2)cc1. The summed E-state index contributed by atoms with van der Waals surface area (Å²) in [5, 5.41) is 2.45. The summed E-state index contributed by atoms with van der Waals surface area (Å²) in [6, 6.07) is 28.6. The van der Waals surface area contributed by atoms with Crippen LogP contribution in [0.15, 0.2) is 78.9 Å². The van der Waals surface area contributed by atoms with Gasteiger partial charge in [-0.15, -0.1) is 0 Å². The summed E-state index contributed by atoms with van der Waals surface area (Å²) in [7, 11) is 0. The number of aromatic nitrogens is 4. The van der Waals surface area contributed by atoms with Gasteiger partial charge in [-0.05, 0) is 56.1 Å². The topological polar surface area (TPSA) is 46.8 Å². The molecule has 35 heavy (non-hydrogen) atoms. The molecule has 0 unspecified atom stereocenters. The molecule has 0 spiro atoms. The Kier molecular flexibility index (Phi) is 4.13. The van der Waals surface area contributed by atoms with Crippen LogP contribution in [0.2, 0.25) is 0 Å². The van der Waals surface area contributed by atoms with Crippen molar-refractivity contribution in [3.63, 3.8) is 0 Å². The third-order valence-corrected chi connectivity index (χ3v) is 8.53. The van der Waals surface area contributed by atoms with E-state index in [1.165, 1.54) is 42.9 Å². The molecule has 2 aliphatic heterocycles. The highest BCUT2D eigenvalue weighted by atomic mass is 15.3. The van der Waals surface area contributed by atoms with E-state index in [1.807, 2.05) is 6.07 Å². The molecule has 2 saturated heterocycles. The lowest BCUT2D eigenvalue weighted by Crippen LogP contribution is -2.58. The summed E-state index contributed by atoms with van der Waals surface area (Å²) < 4.78 is 2.22. The van der Waals surface area contributed by atoms with E-state index in [9.17, 15) is 0 Å². The summed E-state index contributed by atoms with van der Waals surface area (Å²) in [6.07, 6.45) is 6.56. The van der Waals surface area contributed by atoms with Crippen molar-refractivity contribution in [3.05, 3.63) is 78.9 Å². The van der Waals surface area contributed by atoms with Crippen molar-refractivity contribution >= 4 is 27.8 Å². The Morgan fingerprint density at radius 2 is 1.09 bits per heavy atom. The number of rotatable bonds is 3. The fourth-order valence-corrected chi connectivity index (χ4v) is 7.28. The molecule has 0 amide bonds. The van der Waals surface area contributed by atoms with Gasteiger partial charge in [0.25, 0.3) is 0 Å².